The van der Waals surface area contributed by atoms with Crippen molar-refractivity contribution in [3.8, 4) is 0 Å². The minimum atomic E-state index is -2.43. The van der Waals surface area contributed by atoms with Gasteiger partial charge >= 0.3 is 8.80 Å². The summed E-state index contributed by atoms with van der Waals surface area (Å²) in [5, 5.41) is 0. The van der Waals surface area contributed by atoms with Crippen molar-refractivity contribution in [1.29, 1.82) is 0 Å². The van der Waals surface area contributed by atoms with Gasteiger partial charge in [-0.05, 0) is 13.3 Å². The van der Waals surface area contributed by atoms with Gasteiger partial charge in [-0.3, -0.25) is 0 Å². The molecule has 1 rings (SSSR count). The molecular formula is C10H22O5Si. The van der Waals surface area contributed by atoms with Gasteiger partial charge < -0.3 is 22.8 Å². The molecule has 1 heterocycles. The minimum Gasteiger partial charge on any atom is -0.377 e. The molecule has 0 bridgehead atoms. The van der Waals surface area contributed by atoms with Crippen LogP contribution in [0.5, 0.6) is 0 Å². The summed E-state index contributed by atoms with van der Waals surface area (Å²) < 4.78 is 26.7. The van der Waals surface area contributed by atoms with Gasteiger partial charge in [0.05, 0.1) is 19.3 Å². The van der Waals surface area contributed by atoms with Crippen LogP contribution in [0.15, 0.2) is 0 Å². The Morgan fingerprint density at radius 3 is 2.25 bits per heavy atom. The molecular weight excluding hydrogens is 228 g/mol. The molecule has 96 valence electrons. The summed E-state index contributed by atoms with van der Waals surface area (Å²) in [4.78, 5) is 0. The zero-order valence-electron chi connectivity index (χ0n) is 10.5. The molecule has 0 aromatic carbocycles. The van der Waals surface area contributed by atoms with E-state index in [1.807, 2.05) is 6.92 Å². The van der Waals surface area contributed by atoms with Crippen molar-refractivity contribution in [2.24, 2.45) is 0 Å². The first-order valence-electron chi connectivity index (χ1n) is 5.54. The molecule has 2 atom stereocenters. The van der Waals surface area contributed by atoms with Crippen LogP contribution in [-0.4, -0.2) is 55.6 Å². The predicted molar refractivity (Wildman–Crippen MR) is 61.4 cm³/mol. The molecule has 0 aromatic heterocycles. The van der Waals surface area contributed by atoms with E-state index in [2.05, 4.69) is 0 Å². The van der Waals surface area contributed by atoms with Gasteiger partial charge in [-0.15, -0.1) is 0 Å². The van der Waals surface area contributed by atoms with Crippen LogP contribution >= 0.6 is 0 Å². The third kappa shape index (κ3) is 4.48. The van der Waals surface area contributed by atoms with Gasteiger partial charge in [-0.25, -0.2) is 0 Å². The van der Waals surface area contributed by atoms with Crippen LogP contribution in [-0.2, 0) is 22.8 Å². The second-order valence-corrected chi connectivity index (χ2v) is 7.02. The fourth-order valence-electron chi connectivity index (χ4n) is 1.46. The van der Waals surface area contributed by atoms with Crippen molar-refractivity contribution in [1.82, 2.24) is 0 Å². The smallest absolute Gasteiger partial charge is 0.377 e. The van der Waals surface area contributed by atoms with Crippen LogP contribution in [0.1, 0.15) is 13.3 Å². The Bertz CT molecular complexity index is 185. The highest BCUT2D eigenvalue weighted by molar-refractivity contribution is 6.60. The molecule has 0 N–H and O–H groups in total. The Kier molecular flexibility index (Phi) is 5.88. The Labute approximate surface area is 98.3 Å². The van der Waals surface area contributed by atoms with E-state index in [0.717, 1.165) is 19.1 Å². The van der Waals surface area contributed by atoms with Gasteiger partial charge in [0.15, 0.2) is 0 Å². The van der Waals surface area contributed by atoms with Crippen LogP contribution in [0.3, 0.4) is 0 Å². The van der Waals surface area contributed by atoms with Crippen LogP contribution in [0.25, 0.3) is 0 Å². The van der Waals surface area contributed by atoms with Crippen molar-refractivity contribution < 1.29 is 22.8 Å². The van der Waals surface area contributed by atoms with E-state index in [0.29, 0.717) is 12.7 Å². The Hall–Kier alpha value is 0.0169. The lowest BCUT2D eigenvalue weighted by Crippen LogP contribution is -2.43. The lowest BCUT2D eigenvalue weighted by Gasteiger charge is -2.25. The number of hydrogen-bond acceptors (Lipinski definition) is 5. The van der Waals surface area contributed by atoms with Crippen molar-refractivity contribution in [3.05, 3.63) is 0 Å². The largest absolute Gasteiger partial charge is 0.500 e. The first-order valence-corrected chi connectivity index (χ1v) is 7.47. The highest BCUT2D eigenvalue weighted by Gasteiger charge is 2.37. The van der Waals surface area contributed by atoms with E-state index in [-0.39, 0.29) is 6.10 Å². The van der Waals surface area contributed by atoms with Crippen molar-refractivity contribution >= 4 is 8.80 Å². The van der Waals surface area contributed by atoms with Crippen LogP contribution in [0, 0.1) is 0 Å². The van der Waals surface area contributed by atoms with Gasteiger partial charge in [0.2, 0.25) is 0 Å². The molecule has 6 heteroatoms. The Balaban J connectivity index is 2.18. The van der Waals surface area contributed by atoms with E-state index in [1.165, 1.54) is 0 Å². The first-order chi connectivity index (χ1) is 7.65. The summed E-state index contributed by atoms with van der Waals surface area (Å²) in [6, 6.07) is 0.767. The van der Waals surface area contributed by atoms with Crippen LogP contribution in [0.2, 0.25) is 6.04 Å². The van der Waals surface area contributed by atoms with Crippen molar-refractivity contribution in [2.75, 3.05) is 34.5 Å². The summed E-state index contributed by atoms with van der Waals surface area (Å²) >= 11 is 0. The van der Waals surface area contributed by atoms with Gasteiger partial charge in [-0.1, -0.05) is 0 Å². The molecule has 1 fully saturated rings. The Morgan fingerprint density at radius 1 is 1.25 bits per heavy atom. The lowest BCUT2D eigenvalue weighted by molar-refractivity contribution is 0.0461. The second-order valence-electron chi connectivity index (χ2n) is 3.93. The zero-order valence-corrected chi connectivity index (χ0v) is 11.5. The molecule has 0 aliphatic carbocycles. The molecule has 2 unspecified atom stereocenters. The van der Waals surface area contributed by atoms with Crippen molar-refractivity contribution in [2.45, 2.75) is 31.6 Å². The summed E-state index contributed by atoms with van der Waals surface area (Å²) in [6.07, 6.45) is 1.36. The van der Waals surface area contributed by atoms with E-state index in [4.69, 9.17) is 22.8 Å². The summed E-state index contributed by atoms with van der Waals surface area (Å²) in [5.74, 6) is 0. The maximum absolute atomic E-state index is 5.63. The number of epoxide rings is 1. The number of rotatable bonds is 9. The highest BCUT2D eigenvalue weighted by Crippen LogP contribution is 2.18. The van der Waals surface area contributed by atoms with Gasteiger partial charge in [0.25, 0.3) is 0 Å². The third-order valence-corrected chi connectivity index (χ3v) is 5.53. The van der Waals surface area contributed by atoms with Crippen molar-refractivity contribution in [3.63, 3.8) is 0 Å². The quantitative estimate of drug-likeness (QED) is 0.452. The van der Waals surface area contributed by atoms with Gasteiger partial charge in [0, 0.05) is 27.4 Å². The Morgan fingerprint density at radius 2 is 1.81 bits per heavy atom. The standard InChI is InChI=1S/C10H22O5Si/c1-9(14-7-10-8-15-10)5-6-16(11-2,12-3)13-4/h9-10H,5-8H2,1-4H3. The fraction of sp³-hybridized carbons (Fsp3) is 1.00. The molecule has 0 aromatic rings. The summed E-state index contributed by atoms with van der Waals surface area (Å²) in [7, 11) is 2.45. The third-order valence-electron chi connectivity index (χ3n) is 2.76. The molecule has 5 nitrogen and oxygen atoms in total. The molecule has 0 radical (unpaired) electrons. The summed E-state index contributed by atoms with van der Waals surface area (Å²) in [5.41, 5.74) is 0. The van der Waals surface area contributed by atoms with E-state index in [9.17, 15) is 0 Å². The average Bonchev–Trinajstić information content (AvgIpc) is 3.13. The minimum absolute atomic E-state index is 0.177. The van der Waals surface area contributed by atoms with E-state index in [1.54, 1.807) is 21.3 Å². The molecule has 1 saturated heterocycles. The zero-order chi connectivity index (χ0) is 12.0. The van der Waals surface area contributed by atoms with E-state index < -0.39 is 8.80 Å². The monoisotopic (exact) mass is 250 g/mol. The topological polar surface area (TPSA) is 49.5 Å². The van der Waals surface area contributed by atoms with Gasteiger partial charge in [0.1, 0.15) is 6.10 Å². The van der Waals surface area contributed by atoms with Gasteiger partial charge in [-0.2, -0.15) is 0 Å². The lowest BCUT2D eigenvalue weighted by atomic mass is 10.3. The maximum Gasteiger partial charge on any atom is 0.500 e. The van der Waals surface area contributed by atoms with Crippen LogP contribution < -0.4 is 0 Å². The molecule has 0 saturated carbocycles. The molecule has 0 spiro atoms. The average molecular weight is 250 g/mol. The summed E-state index contributed by atoms with van der Waals surface area (Å²) in [6.45, 7) is 3.56. The molecule has 1 aliphatic rings. The number of hydrogen-bond donors (Lipinski definition) is 0. The molecule has 1 aliphatic heterocycles. The fourth-order valence-corrected chi connectivity index (χ4v) is 3.33. The SMILES string of the molecule is CO[Si](CCC(C)OCC1CO1)(OC)OC. The molecule has 16 heavy (non-hydrogen) atoms. The maximum atomic E-state index is 5.63. The normalized spacial score (nSPS) is 22.1. The van der Waals surface area contributed by atoms with Crippen LogP contribution in [0.4, 0.5) is 0 Å². The first kappa shape index (κ1) is 14.1. The highest BCUT2D eigenvalue weighted by atomic mass is 28.4. The van der Waals surface area contributed by atoms with E-state index >= 15 is 0 Å². The number of ether oxygens (including phenoxy) is 2. The second kappa shape index (κ2) is 6.68. The molecule has 0 amide bonds. The predicted octanol–water partition coefficient (Wildman–Crippen LogP) is 1.06.